The summed E-state index contributed by atoms with van der Waals surface area (Å²) in [6.07, 6.45) is 4.96. The van der Waals surface area contributed by atoms with Crippen LogP contribution in [0.5, 0.6) is 5.95 Å². The molecule has 1 amide bonds. The summed E-state index contributed by atoms with van der Waals surface area (Å²) in [5, 5.41) is 7.19. The summed E-state index contributed by atoms with van der Waals surface area (Å²) in [5.74, 6) is 0.372. The first-order valence-corrected chi connectivity index (χ1v) is 8.87. The van der Waals surface area contributed by atoms with Crippen LogP contribution in [0.15, 0.2) is 45.0 Å². The van der Waals surface area contributed by atoms with Crippen LogP contribution in [0.2, 0.25) is 0 Å². The van der Waals surface area contributed by atoms with E-state index in [2.05, 4.69) is 15.6 Å². The van der Waals surface area contributed by atoms with Gasteiger partial charge in [0.2, 0.25) is 0 Å². The summed E-state index contributed by atoms with van der Waals surface area (Å²) in [4.78, 5) is 17.5. The zero-order valence-corrected chi connectivity index (χ0v) is 14.1. The van der Waals surface area contributed by atoms with Crippen molar-refractivity contribution >= 4 is 17.7 Å². The second-order valence-corrected chi connectivity index (χ2v) is 7.16. The number of methoxy groups -OCH3 is 1. The van der Waals surface area contributed by atoms with Crippen LogP contribution in [0.4, 0.5) is 0 Å². The van der Waals surface area contributed by atoms with Crippen LogP contribution >= 0.6 is 11.8 Å². The van der Waals surface area contributed by atoms with Gasteiger partial charge in [-0.15, -0.1) is 0 Å². The molecule has 2 saturated heterocycles. The first-order valence-electron chi connectivity index (χ1n) is 8.06. The lowest BCUT2D eigenvalue weighted by atomic mass is 9.95. The number of nitrogens with one attached hydrogen (secondary N) is 2. The fourth-order valence-electron chi connectivity index (χ4n) is 3.40. The average Bonchev–Trinajstić information content (AvgIpc) is 3.32. The van der Waals surface area contributed by atoms with Gasteiger partial charge < -0.3 is 19.8 Å². The Kier molecular flexibility index (Phi) is 4.20. The maximum absolute atomic E-state index is 12.4. The van der Waals surface area contributed by atoms with E-state index in [4.69, 9.17) is 9.15 Å². The normalized spacial score (nSPS) is 25.0. The molecule has 1 aromatic heterocycles. The number of hydrogen-bond acceptors (Lipinski definition) is 6. The van der Waals surface area contributed by atoms with Gasteiger partial charge in [0.25, 0.3) is 11.1 Å². The molecule has 2 aliphatic rings. The summed E-state index contributed by atoms with van der Waals surface area (Å²) < 4.78 is 10.3. The fourth-order valence-corrected chi connectivity index (χ4v) is 4.10. The minimum absolute atomic E-state index is 0.0105. The first kappa shape index (κ1) is 15.5. The molecule has 3 heterocycles. The SMILES string of the molecule is COc1cnc(Sc2ccc(C(=O)N[C@@H]3C[C@H]4CC[C@@H]3N4)cc2)o1. The van der Waals surface area contributed by atoms with Gasteiger partial charge in [-0.1, -0.05) is 0 Å². The first-order chi connectivity index (χ1) is 11.7. The molecule has 1 aromatic carbocycles. The van der Waals surface area contributed by atoms with Gasteiger partial charge in [-0.2, -0.15) is 0 Å². The number of benzene rings is 1. The van der Waals surface area contributed by atoms with Crippen LogP contribution in [-0.4, -0.2) is 36.1 Å². The summed E-state index contributed by atoms with van der Waals surface area (Å²) in [5.41, 5.74) is 0.673. The molecule has 2 aromatic rings. The molecule has 4 rings (SSSR count). The molecule has 0 unspecified atom stereocenters. The predicted octanol–water partition coefficient (Wildman–Crippen LogP) is 2.46. The average molecular weight is 345 g/mol. The molecule has 6 nitrogen and oxygen atoms in total. The molecule has 0 spiro atoms. The van der Waals surface area contributed by atoms with Crippen molar-refractivity contribution < 1.29 is 13.9 Å². The lowest BCUT2D eigenvalue weighted by Crippen LogP contribution is -2.42. The van der Waals surface area contributed by atoms with Crippen molar-refractivity contribution in [3.8, 4) is 5.95 Å². The highest BCUT2D eigenvalue weighted by atomic mass is 32.2. The van der Waals surface area contributed by atoms with Crippen LogP contribution in [0.25, 0.3) is 0 Å². The number of amides is 1. The van der Waals surface area contributed by atoms with Gasteiger partial charge in [-0.3, -0.25) is 4.79 Å². The second kappa shape index (κ2) is 6.49. The number of hydrogen-bond donors (Lipinski definition) is 2. The molecule has 7 heteroatoms. The Labute approximate surface area is 144 Å². The van der Waals surface area contributed by atoms with Crippen LogP contribution < -0.4 is 15.4 Å². The molecule has 24 heavy (non-hydrogen) atoms. The second-order valence-electron chi connectivity index (χ2n) is 6.14. The third-order valence-electron chi connectivity index (χ3n) is 4.60. The minimum Gasteiger partial charge on any atom is -0.467 e. The van der Waals surface area contributed by atoms with Crippen molar-refractivity contribution in [1.82, 2.24) is 15.6 Å². The Balaban J connectivity index is 1.37. The molecule has 2 bridgehead atoms. The lowest BCUT2D eigenvalue weighted by Gasteiger charge is -2.21. The van der Waals surface area contributed by atoms with Crippen LogP contribution in [0, 0.1) is 0 Å². The van der Waals surface area contributed by atoms with Crippen molar-refractivity contribution in [2.24, 2.45) is 0 Å². The van der Waals surface area contributed by atoms with Crippen molar-refractivity contribution in [3.63, 3.8) is 0 Å². The topological polar surface area (TPSA) is 76.4 Å². The van der Waals surface area contributed by atoms with Crippen molar-refractivity contribution in [1.29, 1.82) is 0 Å². The van der Waals surface area contributed by atoms with Gasteiger partial charge in [0.05, 0.1) is 7.11 Å². The number of rotatable bonds is 5. The van der Waals surface area contributed by atoms with E-state index in [1.54, 1.807) is 0 Å². The summed E-state index contributed by atoms with van der Waals surface area (Å²) in [7, 11) is 1.54. The Morgan fingerprint density at radius 3 is 2.83 bits per heavy atom. The smallest absolute Gasteiger partial charge is 0.305 e. The molecule has 2 aliphatic heterocycles. The van der Waals surface area contributed by atoms with E-state index in [-0.39, 0.29) is 11.9 Å². The number of carbonyl (C=O) groups is 1. The highest BCUT2D eigenvalue weighted by Gasteiger charge is 2.39. The van der Waals surface area contributed by atoms with E-state index in [0.29, 0.717) is 28.8 Å². The number of ether oxygens (including phenoxy) is 1. The van der Waals surface area contributed by atoms with E-state index in [9.17, 15) is 4.79 Å². The number of oxazole rings is 1. The summed E-state index contributed by atoms with van der Waals surface area (Å²) in [6, 6.07) is 8.73. The van der Waals surface area contributed by atoms with Crippen LogP contribution in [0.1, 0.15) is 29.6 Å². The molecular formula is C17H19N3O3S. The predicted molar refractivity (Wildman–Crippen MR) is 89.4 cm³/mol. The molecule has 2 fully saturated rings. The lowest BCUT2D eigenvalue weighted by molar-refractivity contribution is 0.0931. The molecule has 2 N–H and O–H groups in total. The van der Waals surface area contributed by atoms with Gasteiger partial charge >= 0.3 is 5.95 Å². The molecule has 3 atom stereocenters. The monoisotopic (exact) mass is 345 g/mol. The Morgan fingerprint density at radius 2 is 2.21 bits per heavy atom. The van der Waals surface area contributed by atoms with Gasteiger partial charge in [0.1, 0.15) is 6.20 Å². The van der Waals surface area contributed by atoms with Crippen molar-refractivity contribution in [2.45, 2.75) is 47.5 Å². The summed E-state index contributed by atoms with van der Waals surface area (Å²) >= 11 is 1.39. The Morgan fingerprint density at radius 1 is 1.38 bits per heavy atom. The maximum Gasteiger partial charge on any atom is 0.305 e. The van der Waals surface area contributed by atoms with E-state index < -0.39 is 0 Å². The fraction of sp³-hybridized carbons (Fsp3) is 0.412. The standard InChI is InChI=1S/C17H19N3O3S/c1-22-15-9-18-17(23-15)24-12-5-2-10(3-6-12)16(21)20-14-8-11-4-7-13(14)19-11/h2-3,5-6,9,11,13-14,19H,4,7-8H2,1H3,(H,20,21)/t11-,13+,14-/m1/s1. The highest BCUT2D eigenvalue weighted by molar-refractivity contribution is 7.99. The van der Waals surface area contributed by atoms with E-state index in [1.807, 2.05) is 24.3 Å². The third-order valence-corrected chi connectivity index (χ3v) is 5.47. The number of fused-ring (bicyclic) bond motifs is 2. The van der Waals surface area contributed by atoms with Crippen molar-refractivity contribution in [3.05, 3.63) is 36.0 Å². The zero-order chi connectivity index (χ0) is 16.5. The maximum atomic E-state index is 12.4. The highest BCUT2D eigenvalue weighted by Crippen LogP contribution is 2.30. The minimum atomic E-state index is -0.0105. The van der Waals surface area contributed by atoms with Crippen LogP contribution in [-0.2, 0) is 0 Å². The number of aromatic nitrogens is 1. The number of nitrogens with zero attached hydrogens (tertiary/aromatic N) is 1. The molecule has 0 saturated carbocycles. The van der Waals surface area contributed by atoms with E-state index in [0.717, 1.165) is 17.7 Å². The van der Waals surface area contributed by atoms with Gasteiger partial charge in [0, 0.05) is 28.6 Å². The Bertz CT molecular complexity index is 731. The number of carbonyl (C=O) groups excluding carboxylic acids is 1. The van der Waals surface area contributed by atoms with Crippen LogP contribution in [0.3, 0.4) is 0 Å². The van der Waals surface area contributed by atoms with E-state index >= 15 is 0 Å². The Hall–Kier alpha value is -1.99. The third kappa shape index (κ3) is 3.14. The van der Waals surface area contributed by atoms with Gasteiger partial charge in [0.15, 0.2) is 0 Å². The van der Waals surface area contributed by atoms with E-state index in [1.165, 1.54) is 31.5 Å². The molecular weight excluding hydrogens is 326 g/mol. The molecule has 126 valence electrons. The van der Waals surface area contributed by atoms with Gasteiger partial charge in [-0.25, -0.2) is 4.98 Å². The largest absolute Gasteiger partial charge is 0.467 e. The molecule has 0 aliphatic carbocycles. The van der Waals surface area contributed by atoms with Crippen molar-refractivity contribution in [2.75, 3.05) is 7.11 Å². The van der Waals surface area contributed by atoms with Gasteiger partial charge in [-0.05, 0) is 55.3 Å². The zero-order valence-electron chi connectivity index (χ0n) is 13.3. The molecule has 0 radical (unpaired) electrons. The quantitative estimate of drug-likeness (QED) is 0.867. The summed E-state index contributed by atoms with van der Waals surface area (Å²) in [6.45, 7) is 0.